The van der Waals surface area contributed by atoms with E-state index in [4.69, 9.17) is 22.7 Å². The van der Waals surface area contributed by atoms with Crippen molar-refractivity contribution in [1.29, 1.82) is 5.41 Å². The van der Waals surface area contributed by atoms with E-state index in [0.717, 1.165) is 17.1 Å². The van der Waals surface area contributed by atoms with Crippen molar-refractivity contribution < 1.29 is 0 Å². The van der Waals surface area contributed by atoms with Gasteiger partial charge in [0.15, 0.2) is 0 Å². The summed E-state index contributed by atoms with van der Waals surface area (Å²) in [6, 6.07) is 7.35. The largest absolute Gasteiger partial charge is 0.384 e. The highest BCUT2D eigenvalue weighted by Crippen LogP contribution is 2.23. The molecular formula is C12H13ClN4. The van der Waals surface area contributed by atoms with Gasteiger partial charge in [0.25, 0.3) is 0 Å². The lowest BCUT2D eigenvalue weighted by atomic mass is 10.1. The summed E-state index contributed by atoms with van der Waals surface area (Å²) in [6.45, 7) is 3.87. The maximum absolute atomic E-state index is 7.60. The Balaban J connectivity index is 2.71. The second kappa shape index (κ2) is 4.22. The van der Waals surface area contributed by atoms with Gasteiger partial charge in [0.2, 0.25) is 0 Å². The fraction of sp³-hybridized carbons (Fsp3) is 0.167. The number of rotatable bonds is 2. The number of halogens is 1. The van der Waals surface area contributed by atoms with Crippen LogP contribution in [0.1, 0.15) is 17.0 Å². The molecule has 0 atom stereocenters. The van der Waals surface area contributed by atoms with Crippen LogP contribution in [0, 0.1) is 19.3 Å². The molecule has 1 aromatic carbocycles. The number of benzene rings is 1. The van der Waals surface area contributed by atoms with E-state index < -0.39 is 0 Å². The Morgan fingerprint density at radius 1 is 1.41 bits per heavy atom. The summed E-state index contributed by atoms with van der Waals surface area (Å²) < 4.78 is 1.75. The molecule has 0 unspecified atom stereocenters. The first-order valence-electron chi connectivity index (χ1n) is 5.17. The number of aryl methyl sites for hydroxylation is 2. The molecule has 1 heterocycles. The van der Waals surface area contributed by atoms with E-state index in [0.29, 0.717) is 10.6 Å². The summed E-state index contributed by atoms with van der Waals surface area (Å²) >= 11 is 6.07. The highest BCUT2D eigenvalue weighted by Gasteiger charge is 2.13. The van der Waals surface area contributed by atoms with E-state index in [-0.39, 0.29) is 5.84 Å². The third-order valence-corrected chi connectivity index (χ3v) is 2.81. The summed E-state index contributed by atoms with van der Waals surface area (Å²) in [4.78, 5) is 0. The lowest BCUT2D eigenvalue weighted by Gasteiger charge is -2.11. The molecule has 88 valence electrons. The average molecular weight is 249 g/mol. The number of nitrogens with two attached hydrogens (primary N) is 1. The topological polar surface area (TPSA) is 67.7 Å². The van der Waals surface area contributed by atoms with E-state index in [1.165, 1.54) is 0 Å². The molecule has 1 aromatic heterocycles. The molecule has 0 fully saturated rings. The molecule has 2 rings (SSSR count). The fourth-order valence-electron chi connectivity index (χ4n) is 1.83. The molecule has 0 spiro atoms. The average Bonchev–Trinajstić information content (AvgIpc) is 2.56. The predicted molar refractivity (Wildman–Crippen MR) is 69.1 cm³/mol. The van der Waals surface area contributed by atoms with Gasteiger partial charge in [0, 0.05) is 5.69 Å². The molecule has 2 aromatic rings. The third-order valence-electron chi connectivity index (χ3n) is 2.50. The lowest BCUT2D eigenvalue weighted by Crippen LogP contribution is -2.16. The zero-order valence-electron chi connectivity index (χ0n) is 9.66. The second-order valence-electron chi connectivity index (χ2n) is 3.89. The Kier molecular flexibility index (Phi) is 2.90. The molecule has 4 nitrogen and oxygen atoms in total. The standard InChI is InChI=1S/C12H13ClN4/c1-7-6-8(2)17(16-7)10-5-3-4-9(13)11(10)12(14)15/h3-6H,1-2H3,(H3,14,15). The van der Waals surface area contributed by atoms with E-state index in [1.54, 1.807) is 10.7 Å². The van der Waals surface area contributed by atoms with E-state index in [2.05, 4.69) is 5.10 Å². The van der Waals surface area contributed by atoms with Crippen molar-refractivity contribution >= 4 is 17.4 Å². The molecule has 0 radical (unpaired) electrons. The number of hydrogen-bond donors (Lipinski definition) is 2. The van der Waals surface area contributed by atoms with Crippen LogP contribution < -0.4 is 5.73 Å². The van der Waals surface area contributed by atoms with Gasteiger partial charge in [-0.15, -0.1) is 0 Å². The first-order chi connectivity index (χ1) is 8.00. The molecule has 0 aliphatic heterocycles. The van der Waals surface area contributed by atoms with Crippen LogP contribution in [0.5, 0.6) is 0 Å². The van der Waals surface area contributed by atoms with Crippen molar-refractivity contribution in [3.63, 3.8) is 0 Å². The van der Waals surface area contributed by atoms with Gasteiger partial charge >= 0.3 is 0 Å². The number of nitrogen functional groups attached to an aromatic ring is 1. The highest BCUT2D eigenvalue weighted by atomic mass is 35.5. The molecule has 0 aliphatic rings. The highest BCUT2D eigenvalue weighted by molar-refractivity contribution is 6.34. The normalized spacial score (nSPS) is 10.5. The minimum absolute atomic E-state index is 0.0573. The summed E-state index contributed by atoms with van der Waals surface area (Å²) in [5.41, 5.74) is 8.71. The number of aromatic nitrogens is 2. The van der Waals surface area contributed by atoms with Crippen LogP contribution in [-0.4, -0.2) is 15.6 Å². The van der Waals surface area contributed by atoms with Crippen molar-refractivity contribution in [3.05, 3.63) is 46.2 Å². The molecule has 0 saturated carbocycles. The van der Waals surface area contributed by atoms with Gasteiger partial charge < -0.3 is 5.73 Å². The van der Waals surface area contributed by atoms with E-state index >= 15 is 0 Å². The Labute approximate surface area is 105 Å². The van der Waals surface area contributed by atoms with Gasteiger partial charge in [-0.05, 0) is 32.0 Å². The first kappa shape index (κ1) is 11.7. The first-order valence-corrected chi connectivity index (χ1v) is 5.55. The van der Waals surface area contributed by atoms with Crippen molar-refractivity contribution in [2.75, 3.05) is 0 Å². The van der Waals surface area contributed by atoms with Crippen molar-refractivity contribution in [3.8, 4) is 5.69 Å². The molecule has 3 N–H and O–H groups in total. The summed E-state index contributed by atoms with van der Waals surface area (Å²) in [5.74, 6) is -0.0573. The van der Waals surface area contributed by atoms with Gasteiger partial charge in [-0.1, -0.05) is 17.7 Å². The Bertz CT molecular complexity index is 586. The van der Waals surface area contributed by atoms with Gasteiger partial charge in [0.05, 0.1) is 22.0 Å². The molecule has 0 bridgehead atoms. The summed E-state index contributed by atoms with van der Waals surface area (Å²) in [7, 11) is 0. The minimum atomic E-state index is -0.0573. The van der Waals surface area contributed by atoms with Crippen LogP contribution in [0.4, 0.5) is 0 Å². The molecule has 0 amide bonds. The van der Waals surface area contributed by atoms with Crippen LogP contribution >= 0.6 is 11.6 Å². The fourth-order valence-corrected chi connectivity index (χ4v) is 2.10. The molecular weight excluding hydrogens is 236 g/mol. The third kappa shape index (κ3) is 2.03. The Morgan fingerprint density at radius 3 is 2.65 bits per heavy atom. The van der Waals surface area contributed by atoms with Crippen molar-refractivity contribution in [2.24, 2.45) is 5.73 Å². The quantitative estimate of drug-likeness (QED) is 0.633. The molecule has 0 aliphatic carbocycles. The Morgan fingerprint density at radius 2 is 2.12 bits per heavy atom. The van der Waals surface area contributed by atoms with Gasteiger partial charge in [-0.3, -0.25) is 5.41 Å². The maximum Gasteiger partial charge on any atom is 0.126 e. The zero-order chi connectivity index (χ0) is 12.6. The van der Waals surface area contributed by atoms with Gasteiger partial charge in [0.1, 0.15) is 5.84 Å². The lowest BCUT2D eigenvalue weighted by molar-refractivity contribution is 0.831. The number of amidine groups is 1. The zero-order valence-corrected chi connectivity index (χ0v) is 10.4. The van der Waals surface area contributed by atoms with Crippen molar-refractivity contribution in [2.45, 2.75) is 13.8 Å². The monoisotopic (exact) mass is 248 g/mol. The summed E-state index contributed by atoms with van der Waals surface area (Å²) in [6.07, 6.45) is 0. The van der Waals surface area contributed by atoms with E-state index in [1.807, 2.05) is 32.0 Å². The predicted octanol–water partition coefficient (Wildman–Crippen LogP) is 2.43. The second-order valence-corrected chi connectivity index (χ2v) is 4.29. The maximum atomic E-state index is 7.60. The van der Waals surface area contributed by atoms with E-state index in [9.17, 15) is 0 Å². The number of nitrogens with one attached hydrogen (secondary N) is 1. The Hall–Kier alpha value is -1.81. The van der Waals surface area contributed by atoms with Crippen LogP contribution in [-0.2, 0) is 0 Å². The molecule has 5 heteroatoms. The van der Waals surface area contributed by atoms with Crippen molar-refractivity contribution in [1.82, 2.24) is 9.78 Å². The molecule has 0 saturated heterocycles. The van der Waals surface area contributed by atoms with Crippen LogP contribution in [0.25, 0.3) is 5.69 Å². The number of nitrogens with zero attached hydrogens (tertiary/aromatic N) is 2. The molecule has 17 heavy (non-hydrogen) atoms. The van der Waals surface area contributed by atoms with Crippen LogP contribution in [0.2, 0.25) is 5.02 Å². The van der Waals surface area contributed by atoms with Crippen LogP contribution in [0.3, 0.4) is 0 Å². The van der Waals surface area contributed by atoms with Crippen LogP contribution in [0.15, 0.2) is 24.3 Å². The SMILES string of the molecule is Cc1cc(C)n(-c2cccc(Cl)c2C(=N)N)n1. The smallest absolute Gasteiger partial charge is 0.126 e. The van der Waals surface area contributed by atoms with Gasteiger partial charge in [-0.25, -0.2) is 4.68 Å². The number of hydrogen-bond acceptors (Lipinski definition) is 2. The minimum Gasteiger partial charge on any atom is -0.384 e. The van der Waals surface area contributed by atoms with Gasteiger partial charge in [-0.2, -0.15) is 5.10 Å². The summed E-state index contributed by atoms with van der Waals surface area (Å²) in [5, 5.41) is 12.4.